The van der Waals surface area contributed by atoms with Gasteiger partial charge in [0.1, 0.15) is 31.9 Å². The van der Waals surface area contributed by atoms with Gasteiger partial charge < -0.3 is 76.4 Å². The Labute approximate surface area is 471 Å². The average molecular weight is 1150 g/mol. The molecule has 0 aromatic rings. The van der Waals surface area contributed by atoms with Crippen molar-refractivity contribution >= 4 is 65.0 Å². The van der Waals surface area contributed by atoms with Crippen molar-refractivity contribution in [1.29, 1.82) is 0 Å². The Bertz CT molecular complexity index is 1820. The fourth-order valence-corrected chi connectivity index (χ4v) is 8.06. The van der Waals surface area contributed by atoms with Crippen LogP contribution in [0.5, 0.6) is 0 Å². The van der Waals surface area contributed by atoms with Crippen LogP contribution in [0.15, 0.2) is 0 Å². The molecule has 26 nitrogen and oxygen atoms in total. The van der Waals surface area contributed by atoms with E-state index in [0.29, 0.717) is 25.7 Å². The number of carboxylic acid groups (broad SMARTS) is 4. The van der Waals surface area contributed by atoms with Gasteiger partial charge in [0, 0.05) is 59.6 Å². The van der Waals surface area contributed by atoms with Crippen molar-refractivity contribution in [1.82, 2.24) is 31.9 Å². The fraction of sp³-hybridized carbons (Fsp3) is 0.796. The summed E-state index contributed by atoms with van der Waals surface area (Å²) in [5, 5.41) is 61.8. The molecule has 11 N–H and O–H groups in total. The van der Waals surface area contributed by atoms with E-state index in [1.165, 1.54) is 32.1 Å². The topological polar surface area (TPSA) is 398 Å². The summed E-state index contributed by atoms with van der Waals surface area (Å²) >= 11 is 0. The number of amides is 5. The lowest BCUT2D eigenvalue weighted by molar-refractivity contribution is -0.145. The van der Waals surface area contributed by atoms with Crippen molar-refractivity contribution in [2.24, 2.45) is 5.92 Å². The summed E-state index contributed by atoms with van der Waals surface area (Å²) in [6, 6.07) is -3.08. The van der Waals surface area contributed by atoms with Gasteiger partial charge in [0.15, 0.2) is 11.6 Å². The third-order valence-corrected chi connectivity index (χ3v) is 12.7. The van der Waals surface area contributed by atoms with E-state index >= 15 is 0 Å². The zero-order valence-electron chi connectivity index (χ0n) is 47.0. The van der Waals surface area contributed by atoms with Gasteiger partial charge in [-0.2, -0.15) is 0 Å². The molecule has 0 aliphatic carbocycles. The first kappa shape index (κ1) is 74.3. The monoisotopic (exact) mass is 1150 g/mol. The van der Waals surface area contributed by atoms with Crippen LogP contribution in [0.1, 0.15) is 168 Å². The van der Waals surface area contributed by atoms with Crippen LogP contribution in [0.4, 0.5) is 0 Å². The lowest BCUT2D eigenvalue weighted by Crippen LogP contribution is -2.42. The molecule has 462 valence electrons. The highest BCUT2D eigenvalue weighted by Gasteiger charge is 2.26. The number of unbranched alkanes of at least 4 members (excludes halogenated alkanes) is 14. The van der Waals surface area contributed by atoms with Crippen LogP contribution in [-0.2, 0) is 71.7 Å². The first-order valence-corrected chi connectivity index (χ1v) is 28.3. The number of rotatable bonds is 57. The molecule has 0 aromatic heterocycles. The number of aliphatic carboxylic acids is 4. The van der Waals surface area contributed by atoms with Gasteiger partial charge >= 0.3 is 23.9 Å². The summed E-state index contributed by atoms with van der Waals surface area (Å²) in [5.41, 5.74) is 0. The van der Waals surface area contributed by atoms with Crippen LogP contribution in [0.2, 0.25) is 0 Å². The Hall–Kier alpha value is -5.67. The maximum Gasteiger partial charge on any atom is 0.326 e. The van der Waals surface area contributed by atoms with Crippen molar-refractivity contribution in [3.05, 3.63) is 0 Å². The molecule has 0 bridgehead atoms. The maximum absolute atomic E-state index is 12.5. The number of likely N-dealkylation sites (N-methyl/N-ethyl adjacent to an activating group) is 1. The molecule has 0 saturated heterocycles. The van der Waals surface area contributed by atoms with Gasteiger partial charge in [-0.15, -0.1) is 0 Å². The Morgan fingerprint density at radius 1 is 0.400 bits per heavy atom. The molecular weight excluding hydrogens is 1050 g/mol. The fourth-order valence-electron chi connectivity index (χ4n) is 8.06. The summed E-state index contributed by atoms with van der Waals surface area (Å²) in [5.74, 6) is -9.14. The number of aliphatic hydroxyl groups excluding tert-OH is 1. The predicted octanol–water partition coefficient (Wildman–Crippen LogP) is 2.43. The highest BCUT2D eigenvalue weighted by molar-refractivity contribution is 5.87. The molecule has 0 fully saturated rings. The molecule has 0 aliphatic heterocycles. The minimum Gasteiger partial charge on any atom is -0.481 e. The van der Waals surface area contributed by atoms with E-state index in [1.54, 1.807) is 7.05 Å². The van der Waals surface area contributed by atoms with E-state index in [0.717, 1.165) is 51.4 Å². The molecule has 0 heterocycles. The van der Waals surface area contributed by atoms with E-state index in [-0.39, 0.29) is 130 Å². The second-order valence-corrected chi connectivity index (χ2v) is 19.5. The molecule has 0 aliphatic rings. The number of hydrogen-bond donors (Lipinski definition) is 11. The summed E-state index contributed by atoms with van der Waals surface area (Å²) in [6.07, 6.45) is 15.1. The van der Waals surface area contributed by atoms with Gasteiger partial charge in [0.05, 0.1) is 51.6 Å². The molecule has 0 aromatic carbocycles. The SMILES string of the molecule is CN[C@@H](CCCCNC(=O)CC[C@H](NC(=O)CC[C@H](CC(=O)COCCOCCNC(=O)COCCOCCNC(=O)CC[C@H](NC(=O)CCCCCCCCCCCCCCCCC(=O)O)C(=O)O)C(=O)O)C(=O)O)C(=O)CO.[HH]. The number of Topliss-reactive ketones (excluding diaryl/α,β-unsaturated/α-hetero) is 2. The second kappa shape index (κ2) is 50.3. The molecule has 80 heavy (non-hydrogen) atoms. The van der Waals surface area contributed by atoms with Crippen LogP contribution < -0.4 is 31.9 Å². The Morgan fingerprint density at radius 3 is 1.29 bits per heavy atom. The van der Waals surface area contributed by atoms with Crippen molar-refractivity contribution in [2.45, 2.75) is 185 Å². The van der Waals surface area contributed by atoms with Gasteiger partial charge in [0.2, 0.25) is 29.5 Å². The predicted molar refractivity (Wildman–Crippen MR) is 292 cm³/mol. The van der Waals surface area contributed by atoms with Crippen LogP contribution in [-0.4, -0.2) is 195 Å². The van der Waals surface area contributed by atoms with E-state index in [4.69, 9.17) is 29.2 Å². The number of ether oxygens (including phenoxy) is 4. The number of nitrogens with one attached hydrogen (secondary N) is 6. The zero-order chi connectivity index (χ0) is 59.6. The van der Waals surface area contributed by atoms with Gasteiger partial charge in [-0.3, -0.25) is 43.2 Å². The normalized spacial score (nSPS) is 12.6. The highest BCUT2D eigenvalue weighted by atomic mass is 16.5. The summed E-state index contributed by atoms with van der Waals surface area (Å²) in [4.78, 5) is 131. The minimum atomic E-state index is -1.41. The molecule has 0 spiro atoms. The number of carbonyl (C=O) groups is 11. The van der Waals surface area contributed by atoms with Gasteiger partial charge in [-0.05, 0) is 58.4 Å². The molecule has 0 unspecified atom stereocenters. The number of aliphatic hydroxyl groups is 1. The van der Waals surface area contributed by atoms with Crippen LogP contribution in [0.3, 0.4) is 0 Å². The third kappa shape index (κ3) is 45.1. The molecule has 0 radical (unpaired) electrons. The Balaban J connectivity index is 0. The third-order valence-electron chi connectivity index (χ3n) is 12.7. The van der Waals surface area contributed by atoms with Crippen molar-refractivity contribution in [2.75, 3.05) is 86.1 Å². The maximum atomic E-state index is 12.5. The lowest BCUT2D eigenvalue weighted by Gasteiger charge is -2.16. The van der Waals surface area contributed by atoms with Crippen LogP contribution in [0.25, 0.3) is 0 Å². The zero-order valence-corrected chi connectivity index (χ0v) is 47.0. The molecule has 0 rings (SSSR count). The average Bonchev–Trinajstić information content (AvgIpc) is 3.41. The smallest absolute Gasteiger partial charge is 0.326 e. The first-order chi connectivity index (χ1) is 38.4. The van der Waals surface area contributed by atoms with Crippen molar-refractivity contribution < 1.29 is 98.6 Å². The number of ketones is 2. The summed E-state index contributed by atoms with van der Waals surface area (Å²) < 4.78 is 21.3. The van der Waals surface area contributed by atoms with E-state index < -0.39 is 97.0 Å². The Kier molecular flexibility index (Phi) is 46.7. The molecule has 0 saturated carbocycles. The summed E-state index contributed by atoms with van der Waals surface area (Å²) in [6.45, 7) is -0.111. The quantitative estimate of drug-likeness (QED) is 0.0390. The number of hydrogen-bond acceptors (Lipinski definition) is 17. The molecule has 4 atom stereocenters. The highest BCUT2D eigenvalue weighted by Crippen LogP contribution is 2.15. The van der Waals surface area contributed by atoms with E-state index in [1.807, 2.05) is 0 Å². The van der Waals surface area contributed by atoms with Crippen molar-refractivity contribution in [3.63, 3.8) is 0 Å². The van der Waals surface area contributed by atoms with Gasteiger partial charge in [-0.1, -0.05) is 77.0 Å². The van der Waals surface area contributed by atoms with E-state index in [9.17, 15) is 68.1 Å². The molecule has 5 amide bonds. The van der Waals surface area contributed by atoms with Gasteiger partial charge in [0.25, 0.3) is 0 Å². The van der Waals surface area contributed by atoms with Gasteiger partial charge in [-0.25, -0.2) is 9.59 Å². The standard InChI is InChI=1S/C54H94N6O20.H2/c1-55-42(45(63)37-61)18-16-17-27-56-46(64)25-22-44(54(75)76)60-49(67)24-21-40(52(71)72)36-41(62)38-79-34-32-78-31-29-58-50(68)39-80-35-33-77-30-28-57-47(65)26-23-43(53(73)74)59-48(66)19-14-12-10-8-6-4-2-3-5-7-9-11-13-15-20-51(69)70;/h40,42-44,55,61H,2-39H2,1H3,(H,56,64)(H,57,65)(H,58,68)(H,59,66)(H,60,67)(H,69,70)(H,71,72)(H,73,74)(H,75,76);1H/t40-,42+,43+,44+;/m1./s1. The van der Waals surface area contributed by atoms with Crippen LogP contribution >= 0.6 is 0 Å². The minimum absolute atomic E-state index is 0. The van der Waals surface area contributed by atoms with Crippen molar-refractivity contribution in [3.8, 4) is 0 Å². The molecule has 26 heteroatoms. The summed E-state index contributed by atoms with van der Waals surface area (Å²) in [7, 11) is 1.60. The number of carboxylic acids is 4. The lowest BCUT2D eigenvalue weighted by atomic mass is 9.97. The van der Waals surface area contributed by atoms with Crippen LogP contribution in [0, 0.1) is 5.92 Å². The molecular formula is C54H96N6O20. The first-order valence-electron chi connectivity index (χ1n) is 28.3. The van der Waals surface area contributed by atoms with E-state index in [2.05, 4.69) is 31.9 Å². The Morgan fingerprint density at radius 2 is 0.825 bits per heavy atom. The second-order valence-electron chi connectivity index (χ2n) is 19.5. The largest absolute Gasteiger partial charge is 0.481 e. The number of carbonyl (C=O) groups excluding carboxylic acids is 7.